The van der Waals surface area contributed by atoms with E-state index in [1.54, 1.807) is 17.4 Å². The number of anilines is 1. The Morgan fingerprint density at radius 2 is 2.05 bits per heavy atom. The molecule has 0 aliphatic rings. The van der Waals surface area contributed by atoms with Gasteiger partial charge in [0.2, 0.25) is 0 Å². The van der Waals surface area contributed by atoms with E-state index in [0.29, 0.717) is 17.2 Å². The van der Waals surface area contributed by atoms with Crippen LogP contribution in [0.1, 0.15) is 6.92 Å². The number of rotatable bonds is 3. The molecule has 0 amide bonds. The van der Waals surface area contributed by atoms with Gasteiger partial charge in [-0.05, 0) is 57.0 Å². The summed E-state index contributed by atoms with van der Waals surface area (Å²) in [6, 6.07) is 6.50. The third-order valence-electron chi connectivity index (χ3n) is 2.90. The zero-order valence-corrected chi connectivity index (χ0v) is 14.9. The largest absolute Gasteiger partial charge is 0.370 e. The quantitative estimate of drug-likeness (QED) is 0.599. The van der Waals surface area contributed by atoms with Gasteiger partial charge in [0, 0.05) is 23.6 Å². The van der Waals surface area contributed by atoms with Gasteiger partial charge in [-0.1, -0.05) is 0 Å². The molecule has 0 atom stereocenters. The normalized spacial score (nSPS) is 11.0. The zero-order chi connectivity index (χ0) is 15.0. The van der Waals surface area contributed by atoms with Crippen molar-refractivity contribution < 1.29 is 4.39 Å². The van der Waals surface area contributed by atoms with E-state index >= 15 is 0 Å². The lowest BCUT2D eigenvalue weighted by Gasteiger charge is -2.09. The van der Waals surface area contributed by atoms with Crippen molar-refractivity contribution in [1.29, 1.82) is 0 Å². The third-order valence-corrected chi connectivity index (χ3v) is 5.24. The van der Waals surface area contributed by atoms with Gasteiger partial charge < -0.3 is 5.32 Å². The average molecular weight is 431 g/mol. The number of aromatic nitrogens is 2. The minimum atomic E-state index is -0.305. The first-order valence-electron chi connectivity index (χ1n) is 6.25. The fraction of sp³-hybridized carbons (Fsp3) is 0.143. The van der Waals surface area contributed by atoms with E-state index in [1.165, 1.54) is 12.1 Å². The van der Waals surface area contributed by atoms with Crippen LogP contribution in [0.15, 0.2) is 31.8 Å². The Bertz CT molecular complexity index is 819. The van der Waals surface area contributed by atoms with Crippen LogP contribution in [-0.2, 0) is 0 Å². The topological polar surface area (TPSA) is 37.8 Å². The van der Waals surface area contributed by atoms with E-state index < -0.39 is 0 Å². The SMILES string of the molecule is CCNc1nc(-c2cc(Br)sc2Br)nc2cc(F)ccc12. The van der Waals surface area contributed by atoms with Crippen molar-refractivity contribution in [3.63, 3.8) is 0 Å². The Labute approximate surface area is 141 Å². The van der Waals surface area contributed by atoms with Crippen molar-refractivity contribution in [3.05, 3.63) is 37.7 Å². The van der Waals surface area contributed by atoms with Crippen LogP contribution >= 0.6 is 43.2 Å². The van der Waals surface area contributed by atoms with Crippen molar-refractivity contribution in [1.82, 2.24) is 9.97 Å². The van der Waals surface area contributed by atoms with Gasteiger partial charge >= 0.3 is 0 Å². The molecule has 2 aromatic heterocycles. The number of nitrogens with zero attached hydrogens (tertiary/aromatic N) is 2. The summed E-state index contributed by atoms with van der Waals surface area (Å²) in [5, 5.41) is 4.02. The fourth-order valence-electron chi connectivity index (χ4n) is 2.02. The van der Waals surface area contributed by atoms with E-state index in [0.717, 1.165) is 25.1 Å². The molecule has 0 saturated heterocycles. The molecule has 108 valence electrons. The molecule has 21 heavy (non-hydrogen) atoms. The lowest BCUT2D eigenvalue weighted by atomic mass is 10.2. The van der Waals surface area contributed by atoms with Gasteiger partial charge in [-0.15, -0.1) is 11.3 Å². The first kappa shape index (κ1) is 14.9. The summed E-state index contributed by atoms with van der Waals surface area (Å²) in [5.74, 6) is 0.977. The lowest BCUT2D eigenvalue weighted by molar-refractivity contribution is 0.629. The van der Waals surface area contributed by atoms with Crippen LogP contribution in [0, 0.1) is 5.82 Å². The summed E-state index contributed by atoms with van der Waals surface area (Å²) in [4.78, 5) is 9.06. The fourth-order valence-corrected chi connectivity index (χ4v) is 4.81. The molecule has 0 fully saturated rings. The van der Waals surface area contributed by atoms with Gasteiger partial charge in [-0.25, -0.2) is 14.4 Å². The number of thiophene rings is 1. The Morgan fingerprint density at radius 3 is 2.71 bits per heavy atom. The minimum absolute atomic E-state index is 0.305. The predicted octanol–water partition coefficient (Wildman–Crippen LogP) is 5.45. The van der Waals surface area contributed by atoms with Gasteiger partial charge in [0.05, 0.1) is 13.1 Å². The Balaban J connectivity index is 2.26. The van der Waals surface area contributed by atoms with E-state index in [-0.39, 0.29) is 5.82 Å². The number of hydrogen-bond donors (Lipinski definition) is 1. The molecular weight excluding hydrogens is 421 g/mol. The van der Waals surface area contributed by atoms with Gasteiger partial charge in [0.1, 0.15) is 11.6 Å². The van der Waals surface area contributed by atoms with Crippen LogP contribution < -0.4 is 5.32 Å². The molecule has 0 aliphatic carbocycles. The first-order chi connectivity index (χ1) is 10.1. The maximum atomic E-state index is 13.5. The van der Waals surface area contributed by atoms with Gasteiger partial charge in [-0.2, -0.15) is 0 Å². The zero-order valence-electron chi connectivity index (χ0n) is 11.0. The van der Waals surface area contributed by atoms with Gasteiger partial charge in [-0.3, -0.25) is 0 Å². The van der Waals surface area contributed by atoms with E-state index in [9.17, 15) is 4.39 Å². The van der Waals surface area contributed by atoms with Crippen molar-refractivity contribution >= 4 is 59.9 Å². The molecule has 7 heteroatoms. The second-order valence-electron chi connectivity index (χ2n) is 4.33. The predicted molar refractivity (Wildman–Crippen MR) is 92.4 cm³/mol. The molecular formula is C14H10Br2FN3S. The summed E-state index contributed by atoms with van der Waals surface area (Å²) >= 11 is 8.51. The molecule has 0 spiro atoms. The summed E-state index contributed by atoms with van der Waals surface area (Å²) in [6.07, 6.45) is 0. The molecule has 3 nitrogen and oxygen atoms in total. The standard InChI is InChI=1S/C14H10Br2FN3S/c1-2-18-13-8-4-3-7(17)5-10(8)19-14(20-13)9-6-11(15)21-12(9)16/h3-6H,2H2,1H3,(H,18,19,20). The molecule has 0 bridgehead atoms. The van der Waals surface area contributed by atoms with Crippen molar-refractivity contribution in [2.75, 3.05) is 11.9 Å². The maximum Gasteiger partial charge on any atom is 0.164 e. The highest BCUT2D eigenvalue weighted by Gasteiger charge is 2.14. The minimum Gasteiger partial charge on any atom is -0.370 e. The molecule has 3 aromatic rings. The molecule has 2 heterocycles. The molecule has 1 N–H and O–H groups in total. The molecule has 1 aromatic carbocycles. The Kier molecular flexibility index (Phi) is 4.24. The maximum absolute atomic E-state index is 13.5. The molecule has 0 aliphatic heterocycles. The Hall–Kier alpha value is -1.05. The summed E-state index contributed by atoms with van der Waals surface area (Å²) in [7, 11) is 0. The van der Waals surface area contributed by atoms with Crippen molar-refractivity contribution in [3.8, 4) is 11.4 Å². The summed E-state index contributed by atoms with van der Waals surface area (Å²) < 4.78 is 15.4. The number of nitrogens with one attached hydrogen (secondary N) is 1. The molecule has 0 unspecified atom stereocenters. The highest BCUT2D eigenvalue weighted by atomic mass is 79.9. The Morgan fingerprint density at radius 1 is 1.24 bits per heavy atom. The number of halogens is 3. The van der Waals surface area contributed by atoms with Crippen LogP contribution in [-0.4, -0.2) is 16.5 Å². The average Bonchev–Trinajstić information content (AvgIpc) is 2.77. The first-order valence-corrected chi connectivity index (χ1v) is 8.65. The van der Waals surface area contributed by atoms with E-state index in [1.807, 2.05) is 13.0 Å². The van der Waals surface area contributed by atoms with Crippen molar-refractivity contribution in [2.45, 2.75) is 6.92 Å². The van der Waals surface area contributed by atoms with Crippen LogP contribution in [0.4, 0.5) is 10.2 Å². The van der Waals surface area contributed by atoms with Crippen LogP contribution in [0.5, 0.6) is 0 Å². The van der Waals surface area contributed by atoms with Crippen molar-refractivity contribution in [2.24, 2.45) is 0 Å². The van der Waals surface area contributed by atoms with Crippen LogP contribution in [0.2, 0.25) is 0 Å². The van der Waals surface area contributed by atoms with Crippen LogP contribution in [0.3, 0.4) is 0 Å². The second kappa shape index (κ2) is 5.98. The smallest absolute Gasteiger partial charge is 0.164 e. The molecule has 0 saturated carbocycles. The highest BCUT2D eigenvalue weighted by Crippen LogP contribution is 2.38. The number of fused-ring (bicyclic) bond motifs is 1. The highest BCUT2D eigenvalue weighted by molar-refractivity contribution is 9.12. The van der Waals surface area contributed by atoms with Gasteiger partial charge in [0.25, 0.3) is 0 Å². The number of benzene rings is 1. The molecule has 3 rings (SSSR count). The molecule has 0 radical (unpaired) electrons. The van der Waals surface area contributed by atoms with Crippen LogP contribution in [0.25, 0.3) is 22.3 Å². The monoisotopic (exact) mass is 429 g/mol. The lowest BCUT2D eigenvalue weighted by Crippen LogP contribution is -2.03. The number of hydrogen-bond acceptors (Lipinski definition) is 4. The third kappa shape index (κ3) is 2.95. The summed E-state index contributed by atoms with van der Waals surface area (Å²) in [5.41, 5.74) is 1.47. The second-order valence-corrected chi connectivity index (χ2v) is 8.07. The van der Waals surface area contributed by atoms with E-state index in [4.69, 9.17) is 0 Å². The van der Waals surface area contributed by atoms with E-state index in [2.05, 4.69) is 47.1 Å². The summed E-state index contributed by atoms with van der Waals surface area (Å²) in [6.45, 7) is 2.73. The van der Waals surface area contributed by atoms with Gasteiger partial charge in [0.15, 0.2) is 5.82 Å².